The van der Waals surface area contributed by atoms with Gasteiger partial charge in [0.2, 0.25) is 29.5 Å². The van der Waals surface area contributed by atoms with Crippen LogP contribution in [0.25, 0.3) is 99.8 Å². The maximum Gasteiger partial charge on any atom is 0.253 e. The second kappa shape index (κ2) is 37.2. The molecule has 1 saturated heterocycles. The fraction of sp³-hybridized carbons (Fsp3) is 0.355. The molecule has 4 aliphatic rings. The van der Waals surface area contributed by atoms with Crippen molar-refractivity contribution in [3.8, 4) is 68.3 Å². The van der Waals surface area contributed by atoms with E-state index in [2.05, 4.69) is 45.9 Å². The molecule has 19 rings (SSSR count). The second-order valence-electron chi connectivity index (χ2n) is 31.8. The molecule has 3 aliphatic carbocycles. The molecule has 3 amide bonds. The van der Waals surface area contributed by atoms with Crippen LogP contribution in [0.3, 0.4) is 0 Å². The van der Waals surface area contributed by atoms with Crippen LogP contribution in [0, 0.1) is 20.8 Å². The number of anilines is 4. The Balaban J connectivity index is 0.000000133. The third kappa shape index (κ3) is 18.5. The fourth-order valence-corrected chi connectivity index (χ4v) is 16.7. The Labute approximate surface area is 718 Å². The number of rotatable bonds is 26. The number of piperidine rings is 1. The van der Waals surface area contributed by atoms with Gasteiger partial charge in [-0.15, -0.1) is 0 Å². The first kappa shape index (κ1) is 83.5. The number of aliphatic hydroxyl groups is 3. The third-order valence-corrected chi connectivity index (χ3v) is 23.1. The van der Waals surface area contributed by atoms with Crippen molar-refractivity contribution in [1.29, 1.82) is 0 Å². The molecule has 1 aliphatic heterocycles. The molecule has 6 aromatic carbocycles. The van der Waals surface area contributed by atoms with Crippen molar-refractivity contribution >= 4 is 107 Å². The molecule has 646 valence electrons. The number of hydrogen-bond donors (Lipinski definition) is 9. The van der Waals surface area contributed by atoms with E-state index in [9.17, 15) is 24.6 Å². The molecule has 0 bridgehead atoms. The molecule has 0 spiro atoms. The number of methoxy groups -OCH3 is 3. The minimum atomic E-state index is -0.345. The van der Waals surface area contributed by atoms with E-state index in [1.165, 1.54) is 12.0 Å². The number of aromatic nitrogens is 12. The van der Waals surface area contributed by atoms with Crippen LogP contribution in [-0.2, 0) is 6.42 Å². The van der Waals surface area contributed by atoms with E-state index in [-0.39, 0.29) is 61.9 Å². The highest BCUT2D eigenvalue weighted by Gasteiger charge is 2.30. The molecular formula is C93H99N17O15. The number of fused-ring (bicyclic) bond motifs is 6. The number of amides is 3. The predicted molar refractivity (Wildman–Crippen MR) is 471 cm³/mol. The van der Waals surface area contributed by atoms with Gasteiger partial charge in [-0.25, -0.2) is 19.9 Å². The van der Waals surface area contributed by atoms with Gasteiger partial charge in [0.05, 0.1) is 61.6 Å². The largest absolute Gasteiger partial charge is 0.496 e. The number of carbonyl (C=O) groups excluding carboxylic acids is 3. The molecule has 10 heterocycles. The van der Waals surface area contributed by atoms with Gasteiger partial charge in [-0.2, -0.15) is 24.9 Å². The zero-order valence-electron chi connectivity index (χ0n) is 70.7. The van der Waals surface area contributed by atoms with Gasteiger partial charge in [-0.1, -0.05) is 24.3 Å². The number of likely N-dealkylation sites (N-methyl/N-ethyl adjacent to an activating group) is 1. The molecule has 3 saturated carbocycles. The average molecular weight is 1690 g/mol. The standard InChI is InChI=1S/C32H34N6O5.C31H33N5O5.C30H32N6O5/c1-18-34-25-9-7-19(15-27(25)42-18)23-17-33-29-28(23)30(43-22-5-3-4-6-22)37-32(36-29)35-24-10-8-20(16-26(24)41-2)31(40)38-13-11-21(39)12-14-38;1-18-34-24-11-10-19(14-26(24)40-18)23-17-33-29-28(23)31(41-22-6-3-4-7-22)36-27(35-29)16-20-8-9-21(15-25(20)39-2)30(38)32-12-5-13-37;1-17-32-23-10-8-18(14-25(23)40-17)21-16-31-27-26(21)28(41-20-6-4-5-7-20)35-30(34-27)33-22-11-9-19(15-24(22)39-3)29(38)36(2)12-13-37/h7-10,15-17,21-22,39H,3-6,11-14H2,1-2H3,(H2,33,35,36,37);8-11,14-15,17,22,37H,3-7,12-13,16H2,1-2H3,(H,32,38)(H,33,35,36);8-11,14-16,20,37H,4-7,12-13H2,1-3H3,(H2,31,33,34,35). The van der Waals surface area contributed by atoms with Crippen LogP contribution < -0.4 is 44.4 Å². The monoisotopic (exact) mass is 1690 g/mol. The average Bonchev–Trinajstić information content (AvgIpc) is 1.69. The van der Waals surface area contributed by atoms with Crippen molar-refractivity contribution in [3.05, 3.63) is 174 Å². The van der Waals surface area contributed by atoms with Crippen LogP contribution in [-0.4, -0.2) is 195 Å². The molecule has 32 heteroatoms. The summed E-state index contributed by atoms with van der Waals surface area (Å²) in [5.74, 6) is 5.67. The van der Waals surface area contributed by atoms with E-state index in [1.54, 1.807) is 74.7 Å². The van der Waals surface area contributed by atoms with E-state index in [4.69, 9.17) is 76.7 Å². The van der Waals surface area contributed by atoms with E-state index in [0.717, 1.165) is 154 Å². The van der Waals surface area contributed by atoms with Gasteiger partial charge in [0.15, 0.2) is 34.4 Å². The van der Waals surface area contributed by atoms with Crippen LogP contribution in [0.2, 0.25) is 0 Å². The molecule has 32 nitrogen and oxygen atoms in total. The number of aliphatic hydroxyl groups excluding tert-OH is 3. The second-order valence-corrected chi connectivity index (χ2v) is 31.8. The van der Waals surface area contributed by atoms with Crippen LogP contribution in [0.4, 0.5) is 23.3 Å². The minimum absolute atomic E-state index is 0.0258. The van der Waals surface area contributed by atoms with Crippen molar-refractivity contribution in [2.45, 2.75) is 148 Å². The van der Waals surface area contributed by atoms with Gasteiger partial charge in [0, 0.05) is 125 Å². The summed E-state index contributed by atoms with van der Waals surface area (Å²) in [6.07, 6.45) is 20.5. The summed E-state index contributed by atoms with van der Waals surface area (Å²) in [7, 11) is 6.32. The number of benzene rings is 6. The Hall–Kier alpha value is -13.7. The van der Waals surface area contributed by atoms with E-state index in [0.29, 0.717) is 172 Å². The number of carbonyl (C=O) groups is 3. The number of hydrogen-bond acceptors (Lipinski definition) is 26. The zero-order valence-corrected chi connectivity index (χ0v) is 70.7. The van der Waals surface area contributed by atoms with Crippen molar-refractivity contribution in [2.24, 2.45) is 0 Å². The van der Waals surface area contributed by atoms with Gasteiger partial charge < -0.3 is 97.7 Å². The summed E-state index contributed by atoms with van der Waals surface area (Å²) in [6.45, 7) is 7.12. The molecule has 9 N–H and O–H groups in total. The van der Waals surface area contributed by atoms with Gasteiger partial charge in [0.25, 0.3) is 17.7 Å². The zero-order chi connectivity index (χ0) is 86.4. The molecule has 0 atom stereocenters. The highest BCUT2D eigenvalue weighted by atomic mass is 16.5. The van der Waals surface area contributed by atoms with E-state index < -0.39 is 0 Å². The van der Waals surface area contributed by atoms with Crippen LogP contribution in [0.1, 0.15) is 156 Å². The molecule has 125 heavy (non-hydrogen) atoms. The number of nitrogens with one attached hydrogen (secondary N) is 6. The molecule has 0 unspecified atom stereocenters. The Morgan fingerprint density at radius 1 is 0.488 bits per heavy atom. The number of ether oxygens (including phenoxy) is 6. The number of oxazole rings is 3. The van der Waals surface area contributed by atoms with Gasteiger partial charge in [-0.3, -0.25) is 14.4 Å². The number of H-pyrrole nitrogens is 3. The molecule has 4 fully saturated rings. The van der Waals surface area contributed by atoms with E-state index >= 15 is 0 Å². The highest BCUT2D eigenvalue weighted by Crippen LogP contribution is 2.44. The molecular weight excluding hydrogens is 1600 g/mol. The van der Waals surface area contributed by atoms with E-state index in [1.807, 2.05) is 100 Å². The number of aromatic amines is 3. The lowest BCUT2D eigenvalue weighted by Gasteiger charge is -2.29. The summed E-state index contributed by atoms with van der Waals surface area (Å²) in [6, 6.07) is 33.5. The van der Waals surface area contributed by atoms with Gasteiger partial charge in [0.1, 0.15) is 74.9 Å². The predicted octanol–water partition coefficient (Wildman–Crippen LogP) is 16.1. The summed E-state index contributed by atoms with van der Waals surface area (Å²) in [5.41, 5.74) is 15.6. The first-order valence-electron chi connectivity index (χ1n) is 42.5. The highest BCUT2D eigenvalue weighted by molar-refractivity contribution is 6.03. The number of likely N-dealkylation sites (tertiary alicyclic amines) is 1. The van der Waals surface area contributed by atoms with Crippen molar-refractivity contribution in [1.82, 2.24) is 74.9 Å². The quantitative estimate of drug-likeness (QED) is 0.0227. The van der Waals surface area contributed by atoms with Crippen molar-refractivity contribution in [2.75, 3.05) is 78.4 Å². The maximum absolute atomic E-state index is 13.1. The SMILES string of the molecule is COc1cc(C(=O)N(C)CCO)ccc1Nc1nc(OC2CCCC2)c2c(-c3ccc4nc(C)oc4c3)c[nH]c2n1.COc1cc(C(=O)N2CCC(O)CC2)ccc1Nc1nc(OC2CCCC2)c2c(-c3ccc4nc(C)oc4c3)c[nH]c2n1.COc1cc(C(=O)NCCCO)ccc1Cc1nc(OC2CCCC2)c2c(-c3ccc4nc(C)oc4c3)c[nH]c2n1. The van der Waals surface area contributed by atoms with Crippen molar-refractivity contribution in [3.63, 3.8) is 0 Å². The lowest BCUT2D eigenvalue weighted by molar-refractivity contribution is 0.0545. The first-order valence-corrected chi connectivity index (χ1v) is 42.5. The van der Waals surface area contributed by atoms with Crippen molar-refractivity contribution < 1.29 is 71.4 Å². The van der Waals surface area contributed by atoms with Crippen LogP contribution in [0.5, 0.6) is 34.9 Å². The number of nitrogens with zero attached hydrogens (tertiary/aromatic N) is 11. The molecule has 15 aromatic rings. The Kier molecular flexibility index (Phi) is 24.8. The lowest BCUT2D eigenvalue weighted by Crippen LogP contribution is -2.40. The van der Waals surface area contributed by atoms with Gasteiger partial charge >= 0.3 is 0 Å². The number of aryl methyl sites for hydroxylation is 3. The minimum Gasteiger partial charge on any atom is -0.496 e. The van der Waals surface area contributed by atoms with Crippen LogP contribution in [0.15, 0.2) is 141 Å². The smallest absolute Gasteiger partial charge is 0.253 e. The Morgan fingerprint density at radius 2 is 0.912 bits per heavy atom. The first-order chi connectivity index (χ1) is 60.9. The maximum atomic E-state index is 13.1. The third-order valence-electron chi connectivity index (χ3n) is 23.1. The summed E-state index contributed by atoms with van der Waals surface area (Å²) >= 11 is 0. The topological polar surface area (TPSA) is 413 Å². The Bertz CT molecular complexity index is 6440. The molecule has 9 aromatic heterocycles. The summed E-state index contributed by atoms with van der Waals surface area (Å²) < 4.78 is 53.7. The Morgan fingerprint density at radius 3 is 1.36 bits per heavy atom. The van der Waals surface area contributed by atoms with Crippen LogP contribution >= 0.6 is 0 Å². The van der Waals surface area contributed by atoms with Gasteiger partial charge in [-0.05, 0) is 198 Å². The summed E-state index contributed by atoms with van der Waals surface area (Å²) in [5, 5.41) is 39.7. The fourth-order valence-electron chi connectivity index (χ4n) is 16.7. The normalized spacial score (nSPS) is 14.6. The summed E-state index contributed by atoms with van der Waals surface area (Å²) in [4.78, 5) is 93.7. The molecule has 0 radical (unpaired) electrons. The lowest BCUT2D eigenvalue weighted by atomic mass is 10.0.